The highest BCUT2D eigenvalue weighted by Crippen LogP contribution is 2.41. The minimum Gasteiger partial charge on any atom is -0.492 e. The van der Waals surface area contributed by atoms with E-state index in [1.165, 1.54) is 17.5 Å². The third-order valence-electron chi connectivity index (χ3n) is 12.1. The molecule has 4 atom stereocenters. The summed E-state index contributed by atoms with van der Waals surface area (Å²) in [5.74, 6) is -3.03. The summed E-state index contributed by atoms with van der Waals surface area (Å²) in [4.78, 5) is 77.3. The Balaban J connectivity index is 1.57. The second-order valence-corrected chi connectivity index (χ2v) is 18.2. The normalized spacial score (nSPS) is 16.9. The molecular formula is C52H65N7O7. The van der Waals surface area contributed by atoms with Crippen LogP contribution in [0.25, 0.3) is 22.4 Å². The van der Waals surface area contributed by atoms with E-state index in [9.17, 15) is 29.2 Å². The Morgan fingerprint density at radius 2 is 1.53 bits per heavy atom. The second kappa shape index (κ2) is 22.8. The number of rotatable bonds is 17. The van der Waals surface area contributed by atoms with Crippen LogP contribution in [0.2, 0.25) is 0 Å². The van der Waals surface area contributed by atoms with Crippen LogP contribution in [0.5, 0.6) is 11.5 Å². The van der Waals surface area contributed by atoms with E-state index in [1.54, 1.807) is 44.2 Å². The average molecular weight is 900 g/mol. The zero-order valence-corrected chi connectivity index (χ0v) is 39.4. The number of aromatic nitrogens is 1. The number of nitriles is 1. The molecule has 0 saturated carbocycles. The number of fused-ring (bicyclic) bond motifs is 5. The highest BCUT2D eigenvalue weighted by atomic mass is 16.5. The monoisotopic (exact) mass is 899 g/mol. The summed E-state index contributed by atoms with van der Waals surface area (Å²) >= 11 is 0. The van der Waals surface area contributed by atoms with Crippen molar-refractivity contribution >= 4 is 29.2 Å². The summed E-state index contributed by atoms with van der Waals surface area (Å²) < 4.78 is 12.3. The summed E-state index contributed by atoms with van der Waals surface area (Å²) in [6, 6.07) is 20.4. The number of nitrogens with zero attached hydrogens (tertiary/aromatic N) is 3. The molecule has 1 aromatic heterocycles. The predicted octanol–water partition coefficient (Wildman–Crippen LogP) is 6.25. The number of ketones is 3. The summed E-state index contributed by atoms with van der Waals surface area (Å²) in [7, 11) is 1.52. The van der Waals surface area contributed by atoms with Gasteiger partial charge < -0.3 is 36.9 Å². The Morgan fingerprint density at radius 1 is 0.894 bits per heavy atom. The van der Waals surface area contributed by atoms with Gasteiger partial charge in [0.15, 0.2) is 17.3 Å². The Bertz CT molecular complexity index is 2450. The molecule has 350 valence electrons. The first-order valence-electron chi connectivity index (χ1n) is 22.7. The fourth-order valence-corrected chi connectivity index (χ4v) is 8.38. The van der Waals surface area contributed by atoms with Crippen molar-refractivity contribution in [3.8, 4) is 40.0 Å². The van der Waals surface area contributed by atoms with Crippen molar-refractivity contribution in [1.82, 2.24) is 15.2 Å². The molecule has 2 heterocycles. The molecule has 66 heavy (non-hydrogen) atoms. The minimum absolute atomic E-state index is 0.0109. The highest BCUT2D eigenvalue weighted by Gasteiger charge is 2.36. The molecule has 1 aliphatic heterocycles. The maximum atomic E-state index is 14.8. The van der Waals surface area contributed by atoms with Gasteiger partial charge in [0.05, 0.1) is 17.8 Å². The Morgan fingerprint density at radius 3 is 2.14 bits per heavy atom. The van der Waals surface area contributed by atoms with Gasteiger partial charge in [-0.25, -0.2) is 0 Å². The van der Waals surface area contributed by atoms with Crippen molar-refractivity contribution in [3.63, 3.8) is 0 Å². The first kappa shape index (κ1) is 50.7. The lowest BCUT2D eigenvalue weighted by atomic mass is 9.86. The first-order chi connectivity index (χ1) is 31.4. The van der Waals surface area contributed by atoms with Crippen LogP contribution in [0.4, 0.5) is 0 Å². The van der Waals surface area contributed by atoms with Crippen LogP contribution in [0.1, 0.15) is 104 Å². The molecule has 0 radical (unpaired) electrons. The molecule has 0 saturated heterocycles. The number of carbonyl (C=O) groups is 5. The molecule has 0 fully saturated rings. The van der Waals surface area contributed by atoms with Crippen LogP contribution >= 0.6 is 0 Å². The van der Waals surface area contributed by atoms with E-state index in [4.69, 9.17) is 31.7 Å². The van der Waals surface area contributed by atoms with Gasteiger partial charge in [0.2, 0.25) is 11.8 Å². The van der Waals surface area contributed by atoms with E-state index in [-0.39, 0.29) is 88.4 Å². The van der Waals surface area contributed by atoms with Crippen molar-refractivity contribution in [1.29, 1.82) is 5.26 Å². The van der Waals surface area contributed by atoms with Crippen LogP contribution in [-0.2, 0) is 31.0 Å². The lowest BCUT2D eigenvalue weighted by molar-refractivity contribution is -0.142. The number of Topliss-reactive ketones (excluding diaryl/α,β-unsaturated/α-hetero) is 3. The number of pyridine rings is 1. The molecule has 1 aliphatic rings. The number of nitrogens with two attached hydrogens (primary N) is 3. The van der Waals surface area contributed by atoms with Gasteiger partial charge in [-0.2, -0.15) is 5.26 Å². The maximum absolute atomic E-state index is 14.8. The molecule has 0 unspecified atom stereocenters. The van der Waals surface area contributed by atoms with Gasteiger partial charge in [-0.15, -0.1) is 0 Å². The quantitative estimate of drug-likeness (QED) is 0.0862. The largest absolute Gasteiger partial charge is 0.492 e. The van der Waals surface area contributed by atoms with E-state index < -0.39 is 41.5 Å². The summed E-state index contributed by atoms with van der Waals surface area (Å²) in [5.41, 5.74) is 24.6. The maximum Gasteiger partial charge on any atom is 0.226 e. The van der Waals surface area contributed by atoms with Gasteiger partial charge in [0, 0.05) is 85.6 Å². The topological polar surface area (TPSA) is 234 Å². The summed E-state index contributed by atoms with van der Waals surface area (Å²) in [5, 5.41) is 12.1. The summed E-state index contributed by atoms with van der Waals surface area (Å²) in [6.07, 6.45) is -0.322. The molecule has 5 rings (SSSR count). The zero-order valence-electron chi connectivity index (χ0n) is 39.4. The molecule has 4 bridgehead atoms. The van der Waals surface area contributed by atoms with E-state index >= 15 is 0 Å². The molecule has 7 N–H and O–H groups in total. The van der Waals surface area contributed by atoms with Crippen LogP contribution in [-0.4, -0.2) is 85.0 Å². The second-order valence-electron chi connectivity index (χ2n) is 18.2. The number of hydrogen-bond donors (Lipinski definition) is 4. The number of hydrogen-bond acceptors (Lipinski definition) is 12. The van der Waals surface area contributed by atoms with Crippen molar-refractivity contribution in [3.05, 3.63) is 100 Å². The number of benzene rings is 3. The van der Waals surface area contributed by atoms with E-state index in [0.29, 0.717) is 45.0 Å². The number of nitrogens with one attached hydrogen (secondary N) is 1. The summed E-state index contributed by atoms with van der Waals surface area (Å²) in [6.45, 7) is 12.6. The number of carbonyl (C=O) groups excluding carboxylic acids is 5. The van der Waals surface area contributed by atoms with Crippen LogP contribution in [0, 0.1) is 37.0 Å². The van der Waals surface area contributed by atoms with Crippen molar-refractivity contribution < 1.29 is 33.4 Å². The van der Waals surface area contributed by atoms with E-state index in [0.717, 1.165) is 16.8 Å². The fourth-order valence-electron chi connectivity index (χ4n) is 8.38. The van der Waals surface area contributed by atoms with Crippen molar-refractivity contribution in [2.24, 2.45) is 29.0 Å². The lowest BCUT2D eigenvalue weighted by Gasteiger charge is -2.32. The Kier molecular flexibility index (Phi) is 17.5. The molecule has 14 heteroatoms. The van der Waals surface area contributed by atoms with Crippen LogP contribution in [0.15, 0.2) is 66.7 Å². The number of likely N-dealkylation sites (N-methyl/N-ethyl adjacent to an activating group) is 1. The van der Waals surface area contributed by atoms with Gasteiger partial charge in [0.25, 0.3) is 0 Å². The van der Waals surface area contributed by atoms with Crippen molar-refractivity contribution in [2.45, 2.75) is 97.6 Å². The van der Waals surface area contributed by atoms with Gasteiger partial charge in [0.1, 0.15) is 30.8 Å². The molecule has 0 aliphatic carbocycles. The average Bonchev–Trinajstić information content (AvgIpc) is 3.29. The molecule has 0 spiro atoms. The highest BCUT2D eigenvalue weighted by molar-refractivity contribution is 6.01. The minimum atomic E-state index is -1.23. The smallest absolute Gasteiger partial charge is 0.226 e. The van der Waals surface area contributed by atoms with E-state index in [2.05, 4.69) is 38.2 Å². The molecule has 2 amide bonds. The van der Waals surface area contributed by atoms with Crippen molar-refractivity contribution in [2.75, 3.05) is 39.9 Å². The molecule has 4 aromatic rings. The zero-order chi connectivity index (χ0) is 48.3. The molecule has 14 nitrogen and oxygen atoms in total. The predicted molar refractivity (Wildman–Crippen MR) is 255 cm³/mol. The van der Waals surface area contributed by atoms with Gasteiger partial charge in [-0.1, -0.05) is 64.1 Å². The number of aryl methyl sites for hydroxylation is 2. The van der Waals surface area contributed by atoms with Gasteiger partial charge >= 0.3 is 0 Å². The first-order valence-corrected chi connectivity index (χ1v) is 22.7. The standard InChI is InChI=1S/C52H65N7O7/c1-31-25-39(33(3)57-48(31)35-11-14-38(15-12-35)52(4,5)6)44(61)30-37(18-20-54)51(64)59(7)49-36-13-17-47(66-24-22-56)41(29-36)40-27-34(10-16-46(40)65-23-21-55)28-42(43(60)9-8-19-53)58-50(63)32(2)26-45(49)62/h10-17,25,27,29,32,37,42,49H,8-9,18,20-24,26,28,30,54-56H2,1-7H3,(H,58,63)/t32-,37-,42+,49+/m1/s1. The Hall–Kier alpha value is -6.27. The lowest BCUT2D eigenvalue weighted by Crippen LogP contribution is -2.46. The third-order valence-corrected chi connectivity index (χ3v) is 12.1. The Labute approximate surface area is 388 Å². The number of amides is 2. The number of ether oxygens (including phenoxy) is 2. The SMILES string of the molecule is Cc1cc(C(=O)C[C@@H](CCN)C(=O)N(C)[C@@H]2C(=O)C[C@@H](C)C(=O)N[C@H](C(=O)CCC#N)Cc3ccc(OCCN)c(c3)-c3cc2ccc3OCCN)c(C)nc1-c1ccc(C(C)(C)C)cc1. The van der Waals surface area contributed by atoms with E-state index in [1.807, 2.05) is 37.3 Å². The molecular weight excluding hydrogens is 835 g/mol. The van der Waals surface area contributed by atoms with Gasteiger partial charge in [-0.05, 0) is 91.2 Å². The van der Waals surface area contributed by atoms with Crippen LogP contribution in [0.3, 0.4) is 0 Å². The van der Waals surface area contributed by atoms with Gasteiger partial charge in [-0.3, -0.25) is 29.0 Å². The fraction of sp³-hybridized carbons (Fsp3) is 0.442. The molecule has 3 aromatic carbocycles. The third kappa shape index (κ3) is 12.3. The van der Waals surface area contributed by atoms with Crippen LogP contribution < -0.4 is 32.0 Å².